The van der Waals surface area contributed by atoms with E-state index in [1.807, 2.05) is 0 Å². The van der Waals surface area contributed by atoms with Crippen molar-refractivity contribution in [3.05, 3.63) is 0 Å². The van der Waals surface area contributed by atoms with Crippen molar-refractivity contribution in [3.63, 3.8) is 0 Å². The van der Waals surface area contributed by atoms with Crippen LogP contribution in [0.4, 0.5) is 0 Å². The van der Waals surface area contributed by atoms with Gasteiger partial charge >= 0.3 is 0 Å². The number of unbranched alkanes of at least 4 members (excludes halogenated alkanes) is 10. The fourth-order valence-corrected chi connectivity index (χ4v) is 3.38. The molecule has 10 heteroatoms. The van der Waals surface area contributed by atoms with Crippen molar-refractivity contribution in [1.82, 2.24) is 10.6 Å². The average molecular weight is 523 g/mol. The van der Waals surface area contributed by atoms with E-state index in [9.17, 15) is 9.59 Å². The Labute approximate surface area is 220 Å². The predicted octanol–water partition coefficient (Wildman–Crippen LogP) is 1.84. The summed E-state index contributed by atoms with van der Waals surface area (Å²) in [5, 5.41) is 19.5. The van der Waals surface area contributed by atoms with Crippen LogP contribution in [-0.4, -0.2) is 87.8 Å². The normalized spacial score (nSPS) is 11.9. The Hall–Kier alpha value is -1.30. The van der Waals surface area contributed by atoms with Gasteiger partial charge in [-0.3, -0.25) is 9.59 Å². The van der Waals surface area contributed by atoms with Crippen molar-refractivity contribution in [2.75, 3.05) is 53.6 Å². The fourth-order valence-electron chi connectivity index (χ4n) is 3.38. The number of hydrogen-bond acceptors (Lipinski definition) is 8. The maximum absolute atomic E-state index is 12.8. The van der Waals surface area contributed by atoms with Crippen LogP contribution in [0.5, 0.6) is 0 Å². The number of rotatable bonds is 23. The Morgan fingerprint density at radius 1 is 0.611 bits per heavy atom. The first-order valence-electron chi connectivity index (χ1n) is 13.7. The van der Waals surface area contributed by atoms with Gasteiger partial charge in [0.2, 0.25) is 0 Å². The lowest BCUT2D eigenvalue weighted by atomic mass is 10.1. The predicted molar refractivity (Wildman–Crippen MR) is 147 cm³/mol. The van der Waals surface area contributed by atoms with Gasteiger partial charge in [-0.1, -0.05) is 78.1 Å². The average Bonchev–Trinajstić information content (AvgIpc) is 2.92. The molecule has 0 aliphatic heterocycles. The zero-order valence-electron chi connectivity index (χ0n) is 23.6. The highest BCUT2D eigenvalue weighted by Gasteiger charge is 2.35. The molecule has 0 aliphatic rings. The molecule has 0 spiro atoms. The summed E-state index contributed by atoms with van der Waals surface area (Å²) in [6, 6.07) is 0. The van der Waals surface area contributed by atoms with E-state index in [-0.39, 0.29) is 11.8 Å². The van der Waals surface area contributed by atoms with E-state index in [4.69, 9.17) is 31.2 Å². The van der Waals surface area contributed by atoms with E-state index < -0.39 is 12.2 Å². The number of nitrogens with one attached hydrogen (secondary N) is 2. The molecule has 0 rings (SSSR count). The number of amides is 2. The van der Waals surface area contributed by atoms with Crippen LogP contribution in [0.25, 0.3) is 0 Å². The fraction of sp³-hybridized carbons (Fsp3) is 0.923. The zero-order chi connectivity index (χ0) is 27.9. The Kier molecular flexibility index (Phi) is 36.7. The van der Waals surface area contributed by atoms with Crippen molar-refractivity contribution in [2.24, 2.45) is 11.5 Å². The van der Waals surface area contributed by atoms with Crippen LogP contribution in [0.2, 0.25) is 0 Å². The van der Waals surface area contributed by atoms with E-state index in [0.717, 1.165) is 52.7 Å². The number of carbonyl (C=O) groups excluding carboxylic acids is 2. The lowest BCUT2D eigenvalue weighted by Crippen LogP contribution is -2.53. The van der Waals surface area contributed by atoms with Gasteiger partial charge in [-0.15, -0.1) is 0 Å². The molecule has 0 saturated heterocycles. The molecule has 2 atom stereocenters. The highest BCUT2D eigenvalue weighted by Crippen LogP contribution is 2.12. The van der Waals surface area contributed by atoms with Crippen molar-refractivity contribution < 1.29 is 29.3 Å². The number of aliphatic hydroxyl groups excluding tert-OH is 2. The number of carbonyl (C=O) groups is 2. The van der Waals surface area contributed by atoms with Crippen molar-refractivity contribution in [2.45, 2.75) is 103 Å². The minimum absolute atomic E-state index is 0.318. The third kappa shape index (κ3) is 24.4. The quantitative estimate of drug-likeness (QED) is 0.110. The molecule has 0 saturated carbocycles. The summed E-state index contributed by atoms with van der Waals surface area (Å²) in [7, 11) is 2.00. The maximum Gasteiger partial charge on any atom is 0.252 e. The van der Waals surface area contributed by atoms with Gasteiger partial charge in [-0.2, -0.15) is 0 Å². The lowest BCUT2D eigenvalue weighted by molar-refractivity contribution is -0.157. The standard InChI is InChI=1S/C24H50N4O4.2CH4O/c1-3-5-7-9-11-13-19-31-21(23(29)27-17-15-25)22(24(30)28-18-16-26)32-20-14-12-10-8-6-4-2;2*1-2/h21-22H,3-20,25-26H2,1-2H3,(H,27,29)(H,28,30);2*2H,1H3. The second-order valence-corrected chi connectivity index (χ2v) is 8.28. The van der Waals surface area contributed by atoms with Gasteiger partial charge < -0.3 is 41.8 Å². The summed E-state index contributed by atoms with van der Waals surface area (Å²) in [6.45, 7) is 6.48. The summed E-state index contributed by atoms with van der Waals surface area (Å²) < 4.78 is 11.8. The van der Waals surface area contributed by atoms with Gasteiger partial charge in [0.05, 0.1) is 0 Å². The molecule has 36 heavy (non-hydrogen) atoms. The van der Waals surface area contributed by atoms with E-state index in [2.05, 4.69) is 24.5 Å². The summed E-state index contributed by atoms with van der Waals surface area (Å²) >= 11 is 0. The Balaban J connectivity index is -0.00000258. The van der Waals surface area contributed by atoms with Crippen molar-refractivity contribution >= 4 is 11.8 Å². The molecule has 218 valence electrons. The molecule has 0 aromatic rings. The van der Waals surface area contributed by atoms with E-state index in [0.29, 0.717) is 39.4 Å². The van der Waals surface area contributed by atoms with Gasteiger partial charge in [0, 0.05) is 53.6 Å². The third-order valence-corrected chi connectivity index (χ3v) is 5.27. The van der Waals surface area contributed by atoms with Crippen LogP contribution in [-0.2, 0) is 19.1 Å². The molecule has 0 aromatic carbocycles. The first kappa shape index (κ1) is 39.2. The van der Waals surface area contributed by atoms with Gasteiger partial charge in [-0.25, -0.2) is 0 Å². The summed E-state index contributed by atoms with van der Waals surface area (Å²) in [4.78, 5) is 25.5. The van der Waals surface area contributed by atoms with Gasteiger partial charge in [0.1, 0.15) is 0 Å². The Bertz CT molecular complexity index is 418. The Morgan fingerprint density at radius 3 is 1.22 bits per heavy atom. The SMILES string of the molecule is CCCCCCCCOC(C(=O)NCCN)C(OCCCCCCCC)C(=O)NCCN.CO.CO. The third-order valence-electron chi connectivity index (χ3n) is 5.27. The van der Waals surface area contributed by atoms with Crippen molar-refractivity contribution in [1.29, 1.82) is 0 Å². The second-order valence-electron chi connectivity index (χ2n) is 8.28. The molecule has 2 unspecified atom stereocenters. The molecular weight excluding hydrogens is 464 g/mol. The van der Waals surface area contributed by atoms with Crippen LogP contribution in [0, 0.1) is 0 Å². The molecular formula is C26H58N4O6. The molecule has 8 N–H and O–H groups in total. The van der Waals surface area contributed by atoms with Gasteiger partial charge in [0.15, 0.2) is 12.2 Å². The number of aliphatic hydroxyl groups is 2. The maximum atomic E-state index is 12.8. The van der Waals surface area contributed by atoms with Crippen LogP contribution >= 0.6 is 0 Å². The van der Waals surface area contributed by atoms with E-state index in [1.165, 1.54) is 38.5 Å². The summed E-state index contributed by atoms with van der Waals surface area (Å²) in [6.07, 6.45) is 11.4. The summed E-state index contributed by atoms with van der Waals surface area (Å²) in [5.41, 5.74) is 11.1. The van der Waals surface area contributed by atoms with Crippen LogP contribution in [0.1, 0.15) is 90.9 Å². The monoisotopic (exact) mass is 522 g/mol. The molecule has 0 bridgehead atoms. The minimum Gasteiger partial charge on any atom is -0.400 e. The zero-order valence-corrected chi connectivity index (χ0v) is 23.6. The first-order valence-corrected chi connectivity index (χ1v) is 13.7. The number of hydrogen-bond donors (Lipinski definition) is 6. The lowest BCUT2D eigenvalue weighted by Gasteiger charge is -2.26. The van der Waals surface area contributed by atoms with Crippen LogP contribution in [0.3, 0.4) is 0 Å². The van der Waals surface area contributed by atoms with Gasteiger partial charge in [0.25, 0.3) is 11.8 Å². The Morgan fingerprint density at radius 2 is 0.917 bits per heavy atom. The van der Waals surface area contributed by atoms with E-state index in [1.54, 1.807) is 0 Å². The topological polar surface area (TPSA) is 169 Å². The highest BCUT2D eigenvalue weighted by molar-refractivity contribution is 5.91. The smallest absolute Gasteiger partial charge is 0.252 e. The summed E-state index contributed by atoms with van der Waals surface area (Å²) in [5.74, 6) is -0.727. The molecule has 0 aliphatic carbocycles. The second kappa shape index (κ2) is 33.7. The van der Waals surface area contributed by atoms with Crippen LogP contribution in [0.15, 0.2) is 0 Å². The molecule has 0 radical (unpaired) electrons. The number of ether oxygens (including phenoxy) is 2. The highest BCUT2D eigenvalue weighted by atomic mass is 16.5. The molecule has 0 heterocycles. The largest absolute Gasteiger partial charge is 0.400 e. The van der Waals surface area contributed by atoms with Crippen molar-refractivity contribution in [3.8, 4) is 0 Å². The van der Waals surface area contributed by atoms with Gasteiger partial charge in [-0.05, 0) is 12.8 Å². The number of nitrogens with two attached hydrogens (primary N) is 2. The van der Waals surface area contributed by atoms with E-state index >= 15 is 0 Å². The molecule has 0 fully saturated rings. The van der Waals surface area contributed by atoms with Crippen LogP contribution < -0.4 is 22.1 Å². The molecule has 2 amide bonds. The molecule has 0 aromatic heterocycles. The molecule has 10 nitrogen and oxygen atoms in total. The minimum atomic E-state index is -1.00. The first-order chi connectivity index (χ1) is 17.6.